The second kappa shape index (κ2) is 6.92. The van der Waals surface area contributed by atoms with Crippen molar-refractivity contribution in [2.45, 2.75) is 6.42 Å². The number of benzene rings is 2. The number of fused-ring (bicyclic) bond motifs is 1. The van der Waals surface area contributed by atoms with Gasteiger partial charge in [0.1, 0.15) is 11.5 Å². The van der Waals surface area contributed by atoms with Gasteiger partial charge in [-0.2, -0.15) is 0 Å². The molecule has 0 aliphatic heterocycles. The number of carbonyl (C=O) groups is 2. The molecule has 6 heteroatoms. The lowest BCUT2D eigenvalue weighted by atomic mass is 9.62. The highest BCUT2D eigenvalue weighted by Crippen LogP contribution is 2.63. The van der Waals surface area contributed by atoms with Crippen LogP contribution in [0.15, 0.2) is 60.7 Å². The van der Waals surface area contributed by atoms with E-state index >= 15 is 0 Å². The SMILES string of the molecule is O=C(O)C1C2C=CC(C3CC23)C1C(=O)Nc1ccc(Oc2cccc(Cl)c2)cc1. The van der Waals surface area contributed by atoms with Crippen LogP contribution in [0.4, 0.5) is 5.69 Å². The van der Waals surface area contributed by atoms with Gasteiger partial charge >= 0.3 is 5.97 Å². The third-order valence-electron chi connectivity index (χ3n) is 6.39. The van der Waals surface area contributed by atoms with Crippen molar-refractivity contribution < 1.29 is 19.4 Å². The maximum Gasteiger partial charge on any atom is 0.307 e. The van der Waals surface area contributed by atoms with Crippen LogP contribution in [0.3, 0.4) is 0 Å². The van der Waals surface area contributed by atoms with E-state index in [-0.39, 0.29) is 17.7 Å². The predicted molar refractivity (Wildman–Crippen MR) is 109 cm³/mol. The van der Waals surface area contributed by atoms with Crippen LogP contribution in [0.5, 0.6) is 11.5 Å². The fourth-order valence-corrected chi connectivity index (χ4v) is 5.25. The number of anilines is 1. The molecule has 4 aliphatic rings. The monoisotopic (exact) mass is 409 g/mol. The largest absolute Gasteiger partial charge is 0.481 e. The summed E-state index contributed by atoms with van der Waals surface area (Å²) in [5.74, 6) is -0.0959. The molecule has 0 radical (unpaired) electrons. The Morgan fingerprint density at radius 2 is 1.66 bits per heavy atom. The number of carboxylic acid groups (broad SMARTS) is 1. The van der Waals surface area contributed by atoms with Gasteiger partial charge in [-0.15, -0.1) is 0 Å². The molecule has 6 atom stereocenters. The Morgan fingerprint density at radius 3 is 2.31 bits per heavy atom. The number of carboxylic acids is 1. The summed E-state index contributed by atoms with van der Waals surface area (Å²) in [7, 11) is 0. The van der Waals surface area contributed by atoms with E-state index in [1.807, 2.05) is 18.2 Å². The number of nitrogens with one attached hydrogen (secondary N) is 1. The Balaban J connectivity index is 1.29. The third-order valence-corrected chi connectivity index (χ3v) is 6.63. The summed E-state index contributed by atoms with van der Waals surface area (Å²) in [5.41, 5.74) is 0.621. The van der Waals surface area contributed by atoms with Crippen LogP contribution < -0.4 is 10.1 Å². The second-order valence-electron chi connectivity index (χ2n) is 8.07. The zero-order chi connectivity index (χ0) is 20.1. The molecule has 6 unspecified atom stereocenters. The van der Waals surface area contributed by atoms with Gasteiger partial charge in [-0.3, -0.25) is 9.59 Å². The van der Waals surface area contributed by atoms with E-state index in [1.165, 1.54) is 0 Å². The molecule has 29 heavy (non-hydrogen) atoms. The van der Waals surface area contributed by atoms with Crippen LogP contribution in [0.25, 0.3) is 0 Å². The average molecular weight is 410 g/mol. The van der Waals surface area contributed by atoms with E-state index < -0.39 is 17.8 Å². The lowest BCUT2D eigenvalue weighted by Gasteiger charge is -2.41. The predicted octanol–water partition coefficient (Wildman–Crippen LogP) is 4.84. The van der Waals surface area contributed by atoms with Gasteiger partial charge in [0.05, 0.1) is 11.8 Å². The van der Waals surface area contributed by atoms with Crippen molar-refractivity contribution in [1.29, 1.82) is 0 Å². The first-order chi connectivity index (χ1) is 14.0. The van der Waals surface area contributed by atoms with Crippen molar-refractivity contribution >= 4 is 29.2 Å². The Labute approximate surface area is 173 Å². The number of hydrogen-bond donors (Lipinski definition) is 2. The van der Waals surface area contributed by atoms with Crippen molar-refractivity contribution in [1.82, 2.24) is 0 Å². The molecule has 2 saturated carbocycles. The maximum absolute atomic E-state index is 13.0. The normalized spacial score (nSPS) is 31.1. The van der Waals surface area contributed by atoms with Gasteiger partial charge in [-0.05, 0) is 72.6 Å². The molecular formula is C23H20ClNO4. The zero-order valence-electron chi connectivity index (χ0n) is 15.5. The second-order valence-corrected chi connectivity index (χ2v) is 8.50. The lowest BCUT2D eigenvalue weighted by Crippen LogP contribution is -2.48. The molecule has 2 bridgehead atoms. The first-order valence-electron chi connectivity index (χ1n) is 9.77. The van der Waals surface area contributed by atoms with E-state index in [4.69, 9.17) is 16.3 Å². The Morgan fingerprint density at radius 1 is 0.966 bits per heavy atom. The number of ether oxygens (including phenoxy) is 1. The molecule has 148 valence electrons. The highest BCUT2D eigenvalue weighted by atomic mass is 35.5. The number of aliphatic carboxylic acids is 1. The van der Waals surface area contributed by atoms with Crippen LogP contribution >= 0.6 is 11.6 Å². The first-order valence-corrected chi connectivity index (χ1v) is 10.1. The van der Waals surface area contributed by atoms with Gasteiger partial charge < -0.3 is 15.2 Å². The highest BCUT2D eigenvalue weighted by Gasteiger charge is 2.62. The van der Waals surface area contributed by atoms with Crippen molar-refractivity contribution in [3.05, 3.63) is 65.7 Å². The minimum Gasteiger partial charge on any atom is -0.481 e. The lowest BCUT2D eigenvalue weighted by molar-refractivity contribution is -0.152. The standard InChI is InChI=1S/C23H20ClNO4/c24-12-2-1-3-15(10-12)29-14-6-4-13(5-7-14)25-22(26)20-16-8-9-17(19-11-18(16)19)21(20)23(27)28/h1-10,16-21H,11H2,(H,25,26)(H,27,28). The number of carbonyl (C=O) groups excluding carboxylic acids is 1. The molecule has 0 aromatic heterocycles. The third kappa shape index (κ3) is 3.29. The first kappa shape index (κ1) is 18.3. The summed E-state index contributed by atoms with van der Waals surface area (Å²) in [6.07, 6.45) is 5.11. The highest BCUT2D eigenvalue weighted by molar-refractivity contribution is 6.30. The smallest absolute Gasteiger partial charge is 0.307 e. The number of amides is 1. The molecule has 1 amide bonds. The van der Waals surface area contributed by atoms with Gasteiger partial charge in [0, 0.05) is 10.7 Å². The summed E-state index contributed by atoms with van der Waals surface area (Å²) in [5, 5.41) is 13.2. The molecule has 4 aliphatic carbocycles. The number of hydrogen-bond acceptors (Lipinski definition) is 3. The molecule has 2 aromatic carbocycles. The molecule has 0 spiro atoms. The van der Waals surface area contributed by atoms with Gasteiger partial charge in [0.15, 0.2) is 0 Å². The molecule has 0 heterocycles. The fourth-order valence-electron chi connectivity index (χ4n) is 5.07. The van der Waals surface area contributed by atoms with E-state index in [9.17, 15) is 14.7 Å². The van der Waals surface area contributed by atoms with Gasteiger partial charge in [0.2, 0.25) is 5.91 Å². The zero-order valence-corrected chi connectivity index (χ0v) is 16.3. The van der Waals surface area contributed by atoms with E-state index in [2.05, 4.69) is 11.4 Å². The molecule has 0 saturated heterocycles. The van der Waals surface area contributed by atoms with Gasteiger partial charge in [-0.1, -0.05) is 29.8 Å². The van der Waals surface area contributed by atoms with E-state index in [1.54, 1.807) is 36.4 Å². The maximum atomic E-state index is 13.0. The minimum absolute atomic E-state index is 0.0216. The van der Waals surface area contributed by atoms with Gasteiger partial charge in [-0.25, -0.2) is 0 Å². The molecule has 2 N–H and O–H groups in total. The Kier molecular flexibility index (Phi) is 4.36. The Bertz CT molecular complexity index is 1000. The van der Waals surface area contributed by atoms with Crippen LogP contribution in [0.1, 0.15) is 6.42 Å². The Hall–Kier alpha value is -2.79. The van der Waals surface area contributed by atoms with Crippen LogP contribution in [0, 0.1) is 35.5 Å². The summed E-state index contributed by atoms with van der Waals surface area (Å²) < 4.78 is 5.76. The van der Waals surface area contributed by atoms with E-state index in [0.717, 1.165) is 6.42 Å². The van der Waals surface area contributed by atoms with Crippen molar-refractivity contribution in [3.63, 3.8) is 0 Å². The number of rotatable bonds is 5. The minimum atomic E-state index is -0.875. The van der Waals surface area contributed by atoms with Crippen molar-refractivity contribution in [2.75, 3.05) is 5.32 Å². The number of halogens is 1. The van der Waals surface area contributed by atoms with Crippen molar-refractivity contribution in [3.8, 4) is 11.5 Å². The average Bonchev–Trinajstić information content (AvgIpc) is 3.51. The van der Waals surface area contributed by atoms with Crippen LogP contribution in [-0.4, -0.2) is 17.0 Å². The summed E-state index contributed by atoms with van der Waals surface area (Å²) in [6, 6.07) is 14.1. The summed E-state index contributed by atoms with van der Waals surface area (Å²) >= 11 is 5.97. The molecule has 2 aromatic rings. The fraction of sp³-hybridized carbons (Fsp3) is 0.304. The topological polar surface area (TPSA) is 75.6 Å². The quantitative estimate of drug-likeness (QED) is 0.693. The van der Waals surface area contributed by atoms with E-state index in [0.29, 0.717) is 34.0 Å². The van der Waals surface area contributed by atoms with Crippen molar-refractivity contribution in [2.24, 2.45) is 35.5 Å². The summed E-state index contributed by atoms with van der Waals surface area (Å²) in [6.45, 7) is 0. The molecule has 5 nitrogen and oxygen atoms in total. The molecule has 6 rings (SSSR count). The molecule has 2 fully saturated rings. The molecular weight excluding hydrogens is 390 g/mol. The summed E-state index contributed by atoms with van der Waals surface area (Å²) in [4.78, 5) is 24.9. The van der Waals surface area contributed by atoms with Crippen LogP contribution in [-0.2, 0) is 9.59 Å². The van der Waals surface area contributed by atoms with Crippen LogP contribution in [0.2, 0.25) is 5.02 Å². The number of allylic oxidation sites excluding steroid dienone is 2. The van der Waals surface area contributed by atoms with Gasteiger partial charge in [0.25, 0.3) is 0 Å².